The van der Waals surface area contributed by atoms with Gasteiger partial charge in [-0.15, -0.1) is 12.4 Å². The van der Waals surface area contributed by atoms with E-state index in [9.17, 15) is 15.0 Å². The first-order valence-corrected chi connectivity index (χ1v) is 11.3. The van der Waals surface area contributed by atoms with Crippen LogP contribution in [-0.2, 0) is 17.6 Å². The SMILES string of the molecule is Cl.O=C(Cc1c[nH]c2ccccc12)Nc1ccc(CCNC[C@H](O)COc2ccc(O)cc2)cc1. The fourth-order valence-corrected chi connectivity index (χ4v) is 3.71. The molecule has 0 unspecified atom stereocenters. The first-order valence-electron chi connectivity index (χ1n) is 11.3. The van der Waals surface area contributed by atoms with E-state index in [1.807, 2.05) is 54.7 Å². The Labute approximate surface area is 210 Å². The van der Waals surface area contributed by atoms with Crippen LogP contribution >= 0.6 is 12.4 Å². The number of H-pyrrole nitrogens is 1. The van der Waals surface area contributed by atoms with Gasteiger partial charge in [0, 0.05) is 29.3 Å². The number of rotatable bonds is 11. The zero-order chi connectivity index (χ0) is 23.8. The number of carbonyl (C=O) groups is 1. The van der Waals surface area contributed by atoms with Crippen LogP contribution in [0.15, 0.2) is 79.0 Å². The second-order valence-electron chi connectivity index (χ2n) is 8.19. The van der Waals surface area contributed by atoms with Gasteiger partial charge in [0.05, 0.1) is 6.42 Å². The number of ether oxygens (including phenoxy) is 1. The number of aromatic amines is 1. The van der Waals surface area contributed by atoms with Crippen molar-refractivity contribution >= 4 is 34.9 Å². The van der Waals surface area contributed by atoms with Gasteiger partial charge in [-0.1, -0.05) is 30.3 Å². The van der Waals surface area contributed by atoms with Crippen molar-refractivity contribution in [2.24, 2.45) is 0 Å². The highest BCUT2D eigenvalue weighted by molar-refractivity contribution is 5.95. The van der Waals surface area contributed by atoms with E-state index in [-0.39, 0.29) is 30.7 Å². The van der Waals surface area contributed by atoms with Gasteiger partial charge in [-0.3, -0.25) is 4.79 Å². The summed E-state index contributed by atoms with van der Waals surface area (Å²) in [7, 11) is 0. The van der Waals surface area contributed by atoms with Crippen LogP contribution in [0.4, 0.5) is 5.69 Å². The highest BCUT2D eigenvalue weighted by Crippen LogP contribution is 2.19. The molecule has 1 heterocycles. The lowest BCUT2D eigenvalue weighted by atomic mass is 10.1. The van der Waals surface area contributed by atoms with E-state index in [0.29, 0.717) is 25.3 Å². The molecule has 5 N–H and O–H groups in total. The van der Waals surface area contributed by atoms with E-state index in [0.717, 1.165) is 34.1 Å². The Kier molecular flexibility index (Phi) is 9.55. The van der Waals surface area contributed by atoms with E-state index in [1.54, 1.807) is 24.3 Å². The lowest BCUT2D eigenvalue weighted by Gasteiger charge is -2.13. The number of nitrogens with one attached hydrogen (secondary N) is 3. The van der Waals surface area contributed by atoms with Gasteiger partial charge in [0.1, 0.15) is 24.2 Å². The van der Waals surface area contributed by atoms with Gasteiger partial charge in [0.2, 0.25) is 5.91 Å². The van der Waals surface area contributed by atoms with Crippen molar-refractivity contribution in [3.05, 3.63) is 90.1 Å². The molecule has 0 bridgehead atoms. The Balaban J connectivity index is 0.00000342. The molecule has 0 fully saturated rings. The topological polar surface area (TPSA) is 107 Å². The van der Waals surface area contributed by atoms with Crippen molar-refractivity contribution < 1.29 is 19.7 Å². The zero-order valence-corrected chi connectivity index (χ0v) is 20.1. The number of aliphatic hydroxyl groups excluding tert-OH is 1. The van der Waals surface area contributed by atoms with Gasteiger partial charge in [-0.25, -0.2) is 0 Å². The molecule has 4 aromatic rings. The molecular weight excluding hydrogens is 466 g/mol. The standard InChI is InChI=1S/C27H29N3O4.ClH/c31-22-9-11-24(12-10-22)34-18-23(32)17-28-14-13-19-5-7-21(8-6-19)30-27(33)15-20-16-29-26-4-2-1-3-25(20)26;/h1-12,16,23,28-29,31-32H,13-15,17-18H2,(H,30,33);1H/t23-;/m0./s1. The molecule has 35 heavy (non-hydrogen) atoms. The Morgan fingerprint density at radius 2 is 1.74 bits per heavy atom. The normalized spacial score (nSPS) is 11.6. The number of phenolic OH excluding ortho intramolecular Hbond substituents is 1. The minimum absolute atomic E-state index is 0. The monoisotopic (exact) mass is 495 g/mol. The molecule has 184 valence electrons. The molecule has 0 saturated carbocycles. The zero-order valence-electron chi connectivity index (χ0n) is 19.2. The fraction of sp³-hybridized carbons (Fsp3) is 0.222. The summed E-state index contributed by atoms with van der Waals surface area (Å²) in [6.07, 6.45) is 2.36. The minimum atomic E-state index is -0.636. The van der Waals surface area contributed by atoms with Crippen LogP contribution in [0.3, 0.4) is 0 Å². The summed E-state index contributed by atoms with van der Waals surface area (Å²) < 4.78 is 5.50. The van der Waals surface area contributed by atoms with Gasteiger partial charge in [0.25, 0.3) is 0 Å². The summed E-state index contributed by atoms with van der Waals surface area (Å²) in [4.78, 5) is 15.7. The predicted molar refractivity (Wildman–Crippen MR) is 141 cm³/mol. The fourth-order valence-electron chi connectivity index (χ4n) is 3.71. The van der Waals surface area contributed by atoms with Crippen molar-refractivity contribution in [2.45, 2.75) is 18.9 Å². The van der Waals surface area contributed by atoms with Gasteiger partial charge >= 0.3 is 0 Å². The minimum Gasteiger partial charge on any atom is -0.508 e. The van der Waals surface area contributed by atoms with E-state index in [1.165, 1.54) is 0 Å². The molecule has 0 aliphatic heterocycles. The largest absolute Gasteiger partial charge is 0.508 e. The van der Waals surface area contributed by atoms with Crippen LogP contribution in [0.1, 0.15) is 11.1 Å². The Morgan fingerprint density at radius 3 is 2.51 bits per heavy atom. The smallest absolute Gasteiger partial charge is 0.228 e. The van der Waals surface area contributed by atoms with Crippen LogP contribution in [0.5, 0.6) is 11.5 Å². The van der Waals surface area contributed by atoms with E-state index >= 15 is 0 Å². The maximum Gasteiger partial charge on any atom is 0.228 e. The number of carbonyl (C=O) groups excluding carboxylic acids is 1. The average Bonchev–Trinajstić information content (AvgIpc) is 3.25. The number of aromatic nitrogens is 1. The van der Waals surface area contributed by atoms with Gasteiger partial charge < -0.3 is 30.6 Å². The molecule has 0 spiro atoms. The Morgan fingerprint density at radius 1 is 1.00 bits per heavy atom. The number of fused-ring (bicyclic) bond motifs is 1. The van der Waals surface area contributed by atoms with Crippen molar-refractivity contribution in [2.75, 3.05) is 25.0 Å². The molecule has 0 aliphatic rings. The summed E-state index contributed by atoms with van der Waals surface area (Å²) >= 11 is 0. The van der Waals surface area contributed by atoms with Crippen LogP contribution in [-0.4, -0.2) is 46.9 Å². The maximum atomic E-state index is 12.5. The summed E-state index contributed by atoms with van der Waals surface area (Å²) in [5.41, 5.74) is 3.91. The number of benzene rings is 3. The molecule has 8 heteroatoms. The molecule has 1 aromatic heterocycles. The maximum absolute atomic E-state index is 12.5. The molecule has 0 saturated heterocycles. The predicted octanol–water partition coefficient (Wildman–Crippen LogP) is 4.05. The number of aliphatic hydroxyl groups is 1. The first kappa shape index (κ1) is 26.1. The summed E-state index contributed by atoms with van der Waals surface area (Å²) in [5, 5.41) is 26.6. The van der Waals surface area contributed by atoms with Crippen molar-refractivity contribution in [1.82, 2.24) is 10.3 Å². The van der Waals surface area contributed by atoms with Crippen LogP contribution in [0.25, 0.3) is 10.9 Å². The number of phenols is 1. The van der Waals surface area contributed by atoms with Crippen molar-refractivity contribution in [3.8, 4) is 11.5 Å². The number of halogens is 1. The van der Waals surface area contributed by atoms with E-state index < -0.39 is 6.10 Å². The lowest BCUT2D eigenvalue weighted by Crippen LogP contribution is -2.32. The van der Waals surface area contributed by atoms with Gasteiger partial charge in [-0.2, -0.15) is 0 Å². The summed E-state index contributed by atoms with van der Waals surface area (Å²) in [5.74, 6) is 0.726. The molecule has 0 aliphatic carbocycles. The highest BCUT2D eigenvalue weighted by Gasteiger charge is 2.09. The first-order chi connectivity index (χ1) is 16.6. The molecule has 1 atom stereocenters. The van der Waals surface area contributed by atoms with Crippen molar-refractivity contribution in [3.63, 3.8) is 0 Å². The Bertz CT molecular complexity index is 1210. The second-order valence-corrected chi connectivity index (χ2v) is 8.19. The van der Waals surface area contributed by atoms with Gasteiger partial charge in [0.15, 0.2) is 0 Å². The number of anilines is 1. The number of aromatic hydroxyl groups is 1. The van der Waals surface area contributed by atoms with Crippen LogP contribution in [0.2, 0.25) is 0 Å². The molecular formula is C27H30ClN3O4. The van der Waals surface area contributed by atoms with E-state index in [4.69, 9.17) is 4.74 Å². The summed E-state index contributed by atoms with van der Waals surface area (Å²) in [6, 6.07) is 22.1. The molecule has 0 radical (unpaired) electrons. The number of para-hydroxylation sites is 1. The van der Waals surface area contributed by atoms with Gasteiger partial charge in [-0.05, 0) is 66.6 Å². The molecule has 4 rings (SSSR count). The molecule has 3 aromatic carbocycles. The van der Waals surface area contributed by atoms with Crippen LogP contribution in [0, 0.1) is 0 Å². The average molecular weight is 496 g/mol. The number of hydrogen-bond acceptors (Lipinski definition) is 5. The molecule has 1 amide bonds. The quantitative estimate of drug-likeness (QED) is 0.202. The number of hydrogen-bond donors (Lipinski definition) is 5. The summed E-state index contributed by atoms with van der Waals surface area (Å²) in [6.45, 7) is 1.30. The Hall–Kier alpha value is -3.52. The van der Waals surface area contributed by atoms with E-state index in [2.05, 4.69) is 15.6 Å². The third kappa shape index (κ3) is 7.75. The highest BCUT2D eigenvalue weighted by atomic mass is 35.5. The third-order valence-corrected chi connectivity index (χ3v) is 5.51. The van der Waals surface area contributed by atoms with Crippen LogP contribution < -0.4 is 15.4 Å². The van der Waals surface area contributed by atoms with Crippen molar-refractivity contribution in [1.29, 1.82) is 0 Å². The number of amides is 1. The lowest BCUT2D eigenvalue weighted by molar-refractivity contribution is -0.115. The third-order valence-electron chi connectivity index (χ3n) is 5.51. The second kappa shape index (κ2) is 12.8. The molecule has 7 nitrogen and oxygen atoms in total.